The summed E-state index contributed by atoms with van der Waals surface area (Å²) < 4.78 is 0. The van der Waals surface area contributed by atoms with Gasteiger partial charge in [-0.1, -0.05) is 29.8 Å². The van der Waals surface area contributed by atoms with E-state index < -0.39 is 6.04 Å². The van der Waals surface area contributed by atoms with Crippen LogP contribution in [0.15, 0.2) is 30.3 Å². The monoisotopic (exact) mass is 332 g/mol. The van der Waals surface area contributed by atoms with Crippen LogP contribution >= 0.6 is 11.6 Å². The molecule has 1 aromatic carbocycles. The molecule has 0 unspecified atom stereocenters. The lowest BCUT2D eigenvalue weighted by atomic mass is 10.1. The summed E-state index contributed by atoms with van der Waals surface area (Å²) in [7, 11) is 0. The number of carbonyl (C=O) groups excluding carboxylic acids is 2. The van der Waals surface area contributed by atoms with E-state index in [4.69, 9.17) is 11.6 Å². The highest BCUT2D eigenvalue weighted by Gasteiger charge is 2.23. The number of rotatable bonds is 3. The van der Waals surface area contributed by atoms with E-state index >= 15 is 0 Å². The summed E-state index contributed by atoms with van der Waals surface area (Å²) in [5.41, 5.74) is 1.64. The molecule has 0 radical (unpaired) electrons. The van der Waals surface area contributed by atoms with Gasteiger partial charge in [0, 0.05) is 12.1 Å². The van der Waals surface area contributed by atoms with Gasteiger partial charge in [-0.15, -0.1) is 0 Å². The van der Waals surface area contributed by atoms with Gasteiger partial charge in [-0.3, -0.25) is 14.7 Å². The van der Waals surface area contributed by atoms with Gasteiger partial charge in [0.2, 0.25) is 5.91 Å². The molecule has 0 spiro atoms. The van der Waals surface area contributed by atoms with E-state index in [2.05, 4.69) is 20.8 Å². The fourth-order valence-corrected chi connectivity index (χ4v) is 2.79. The second-order valence-electron chi connectivity index (χ2n) is 5.46. The smallest absolute Gasteiger partial charge is 0.269 e. The van der Waals surface area contributed by atoms with Crippen molar-refractivity contribution in [3.05, 3.63) is 41.0 Å². The Balaban J connectivity index is 1.74. The van der Waals surface area contributed by atoms with Crippen LogP contribution in [0.1, 0.15) is 29.8 Å². The van der Waals surface area contributed by atoms with Gasteiger partial charge in [0.25, 0.3) is 5.91 Å². The predicted octanol–water partition coefficient (Wildman–Crippen LogP) is 2.13. The first-order chi connectivity index (χ1) is 11.1. The van der Waals surface area contributed by atoms with Crippen molar-refractivity contribution >= 4 is 23.4 Å². The molecule has 0 aliphatic carbocycles. The largest absolute Gasteiger partial charge is 0.354 e. The van der Waals surface area contributed by atoms with Crippen LogP contribution in [-0.4, -0.2) is 34.6 Å². The van der Waals surface area contributed by atoms with Crippen molar-refractivity contribution in [1.82, 2.24) is 20.8 Å². The van der Waals surface area contributed by atoms with Gasteiger partial charge < -0.3 is 10.6 Å². The number of benzene rings is 1. The minimum absolute atomic E-state index is 0.137. The number of hydrogen-bond donors (Lipinski definition) is 3. The third-order valence-corrected chi connectivity index (χ3v) is 4.14. The number of nitrogens with zero attached hydrogens (tertiary/aromatic N) is 1. The Morgan fingerprint density at radius 1 is 1.30 bits per heavy atom. The third-order valence-electron chi connectivity index (χ3n) is 3.81. The molecule has 2 aromatic rings. The van der Waals surface area contributed by atoms with Crippen molar-refractivity contribution in [2.75, 3.05) is 6.54 Å². The number of nitrogens with one attached hydrogen (secondary N) is 3. The van der Waals surface area contributed by atoms with Crippen LogP contribution < -0.4 is 10.6 Å². The zero-order valence-corrected chi connectivity index (χ0v) is 13.2. The summed E-state index contributed by atoms with van der Waals surface area (Å²) in [5.74, 6) is -0.487. The topological polar surface area (TPSA) is 86.9 Å². The van der Waals surface area contributed by atoms with Crippen LogP contribution in [0.25, 0.3) is 11.3 Å². The van der Waals surface area contributed by atoms with Gasteiger partial charge in [0.15, 0.2) is 0 Å². The summed E-state index contributed by atoms with van der Waals surface area (Å²) in [6, 6.07) is 8.41. The van der Waals surface area contributed by atoms with Crippen molar-refractivity contribution in [1.29, 1.82) is 0 Å². The van der Waals surface area contributed by atoms with Crippen molar-refractivity contribution in [2.24, 2.45) is 0 Å². The van der Waals surface area contributed by atoms with E-state index in [0.717, 1.165) is 18.4 Å². The van der Waals surface area contributed by atoms with Crippen LogP contribution in [0.5, 0.6) is 0 Å². The molecule has 23 heavy (non-hydrogen) atoms. The fraction of sp³-hybridized carbons (Fsp3) is 0.312. The second kappa shape index (κ2) is 6.83. The number of carbonyl (C=O) groups is 2. The number of halogens is 1. The summed E-state index contributed by atoms with van der Waals surface area (Å²) in [6.45, 7) is 0.659. The molecule has 6 nitrogen and oxygen atoms in total. The molecule has 1 aromatic heterocycles. The number of aromatic amines is 1. The molecule has 1 atom stereocenters. The van der Waals surface area contributed by atoms with E-state index in [1.807, 2.05) is 18.2 Å². The first kappa shape index (κ1) is 15.6. The maximum Gasteiger partial charge on any atom is 0.269 e. The normalized spacial score (nSPS) is 18.1. The minimum atomic E-state index is -0.503. The zero-order chi connectivity index (χ0) is 16.2. The first-order valence-corrected chi connectivity index (χ1v) is 7.92. The van der Waals surface area contributed by atoms with Crippen LogP contribution in [0.4, 0.5) is 0 Å². The molecule has 0 saturated carbocycles. The van der Waals surface area contributed by atoms with Crippen LogP contribution in [-0.2, 0) is 4.79 Å². The Bertz CT molecular complexity index is 728. The van der Waals surface area contributed by atoms with Gasteiger partial charge in [-0.2, -0.15) is 5.10 Å². The maximum atomic E-state index is 12.3. The summed E-state index contributed by atoms with van der Waals surface area (Å²) in [4.78, 5) is 24.2. The molecule has 120 valence electrons. The van der Waals surface area contributed by atoms with Gasteiger partial charge in [-0.25, -0.2) is 0 Å². The highest BCUT2D eigenvalue weighted by atomic mass is 35.5. The van der Waals surface area contributed by atoms with E-state index in [9.17, 15) is 9.59 Å². The Labute approximate surface area is 138 Å². The minimum Gasteiger partial charge on any atom is -0.354 e. The van der Waals surface area contributed by atoms with Crippen LogP contribution in [0.2, 0.25) is 5.02 Å². The van der Waals surface area contributed by atoms with E-state index in [1.165, 1.54) is 0 Å². The molecule has 7 heteroatoms. The van der Waals surface area contributed by atoms with Crippen LogP contribution in [0, 0.1) is 0 Å². The first-order valence-electron chi connectivity index (χ1n) is 7.54. The quantitative estimate of drug-likeness (QED) is 0.804. The number of amides is 2. The molecular formula is C16H17ClN4O2. The summed E-state index contributed by atoms with van der Waals surface area (Å²) in [6.07, 6.45) is 2.47. The Morgan fingerprint density at radius 2 is 2.13 bits per heavy atom. The van der Waals surface area contributed by atoms with Gasteiger partial charge >= 0.3 is 0 Å². The zero-order valence-electron chi connectivity index (χ0n) is 12.4. The second-order valence-corrected chi connectivity index (χ2v) is 5.87. The van der Waals surface area contributed by atoms with Crippen molar-refractivity contribution in [3.63, 3.8) is 0 Å². The molecule has 2 amide bonds. The standard InChI is InChI=1S/C16H17ClN4O2/c17-11-6-2-1-5-10(11)13-9-14(21-20-13)16(23)19-12-7-3-4-8-18-15(12)22/h1-2,5-6,9,12H,3-4,7-8H2,(H,18,22)(H,19,23)(H,20,21)/t12-/m0/s1. The van der Waals surface area contributed by atoms with Gasteiger partial charge in [0.1, 0.15) is 11.7 Å². The molecule has 1 aliphatic heterocycles. The lowest BCUT2D eigenvalue weighted by molar-refractivity contribution is -0.122. The Kier molecular flexibility index (Phi) is 4.62. The molecule has 1 fully saturated rings. The molecule has 1 saturated heterocycles. The molecule has 2 heterocycles. The number of aromatic nitrogens is 2. The van der Waals surface area contributed by atoms with Crippen molar-refractivity contribution < 1.29 is 9.59 Å². The van der Waals surface area contributed by atoms with Crippen molar-refractivity contribution in [3.8, 4) is 11.3 Å². The number of H-pyrrole nitrogens is 1. The molecule has 1 aliphatic rings. The predicted molar refractivity (Wildman–Crippen MR) is 87.1 cm³/mol. The lowest BCUT2D eigenvalue weighted by Crippen LogP contribution is -2.45. The Hall–Kier alpha value is -2.34. The van der Waals surface area contributed by atoms with Crippen molar-refractivity contribution in [2.45, 2.75) is 25.3 Å². The summed E-state index contributed by atoms with van der Waals surface area (Å²) >= 11 is 6.13. The number of hydrogen-bond acceptors (Lipinski definition) is 3. The third kappa shape index (κ3) is 3.53. The highest BCUT2D eigenvalue weighted by molar-refractivity contribution is 6.33. The molecular weight excluding hydrogens is 316 g/mol. The van der Waals surface area contributed by atoms with Gasteiger partial charge in [-0.05, 0) is 31.4 Å². The van der Waals surface area contributed by atoms with E-state index in [0.29, 0.717) is 29.4 Å². The lowest BCUT2D eigenvalue weighted by Gasteiger charge is -2.14. The van der Waals surface area contributed by atoms with E-state index in [1.54, 1.807) is 12.1 Å². The maximum absolute atomic E-state index is 12.3. The van der Waals surface area contributed by atoms with Gasteiger partial charge in [0.05, 0.1) is 10.7 Å². The SMILES string of the molecule is O=C(N[C@H]1CCCCNC1=O)c1cc(-c2ccccc2Cl)n[nH]1. The highest BCUT2D eigenvalue weighted by Crippen LogP contribution is 2.26. The van der Waals surface area contributed by atoms with E-state index in [-0.39, 0.29) is 11.8 Å². The average Bonchev–Trinajstić information content (AvgIpc) is 2.95. The Morgan fingerprint density at radius 3 is 2.96 bits per heavy atom. The molecule has 3 rings (SSSR count). The average molecular weight is 333 g/mol. The van der Waals surface area contributed by atoms with Crippen LogP contribution in [0.3, 0.4) is 0 Å². The fourth-order valence-electron chi connectivity index (χ4n) is 2.56. The molecule has 3 N–H and O–H groups in total. The molecule has 0 bridgehead atoms. The summed E-state index contributed by atoms with van der Waals surface area (Å²) in [5, 5.41) is 12.9.